The van der Waals surface area contributed by atoms with Crippen molar-refractivity contribution in [2.45, 2.75) is 51.3 Å². The average molecular weight is 382 g/mol. The molecule has 0 bridgehead atoms. The highest BCUT2D eigenvalue weighted by molar-refractivity contribution is 8.00. The molecule has 1 aromatic rings. The van der Waals surface area contributed by atoms with Gasteiger partial charge >= 0.3 is 0 Å². The highest BCUT2D eigenvalue weighted by Crippen LogP contribution is 2.26. The van der Waals surface area contributed by atoms with Crippen molar-refractivity contribution in [3.63, 3.8) is 0 Å². The summed E-state index contributed by atoms with van der Waals surface area (Å²) in [4.78, 5) is 24.5. The fraction of sp³-hybridized carbons (Fsp3) is 0.391. The molecule has 1 atom stereocenters. The van der Waals surface area contributed by atoms with E-state index in [4.69, 9.17) is 0 Å². The predicted molar refractivity (Wildman–Crippen MR) is 114 cm³/mol. The van der Waals surface area contributed by atoms with Crippen LogP contribution in [0.4, 0.5) is 0 Å². The summed E-state index contributed by atoms with van der Waals surface area (Å²) in [6, 6.07) is 6.65. The molecule has 0 saturated carbocycles. The number of carbonyl (C=O) groups excluding carboxylic acids is 2. The second kappa shape index (κ2) is 9.10. The number of thioether (sulfide) groups is 1. The Morgan fingerprint density at radius 1 is 1.19 bits per heavy atom. The van der Waals surface area contributed by atoms with Crippen LogP contribution in [-0.2, 0) is 4.79 Å². The number of amides is 1. The third-order valence-electron chi connectivity index (χ3n) is 4.81. The molecule has 1 aromatic carbocycles. The summed E-state index contributed by atoms with van der Waals surface area (Å²) in [7, 11) is 0. The van der Waals surface area contributed by atoms with Gasteiger partial charge in [0.15, 0.2) is 5.78 Å². The average Bonchev–Trinajstić information content (AvgIpc) is 3.12. The Bertz CT molecular complexity index is 835. The van der Waals surface area contributed by atoms with Crippen molar-refractivity contribution in [1.29, 1.82) is 0 Å². The maximum Gasteiger partial charge on any atom is 0.251 e. The molecule has 1 aliphatic carbocycles. The van der Waals surface area contributed by atoms with E-state index in [-0.39, 0.29) is 16.4 Å². The maximum absolute atomic E-state index is 12.5. The molecule has 0 saturated heterocycles. The second-order valence-electron chi connectivity index (χ2n) is 7.20. The van der Waals surface area contributed by atoms with Crippen LogP contribution in [0, 0.1) is 11.8 Å². The molecule has 4 heteroatoms. The van der Waals surface area contributed by atoms with Crippen molar-refractivity contribution in [1.82, 2.24) is 5.32 Å². The Kier molecular flexibility index (Phi) is 7.10. The minimum absolute atomic E-state index is 0.0462. The van der Waals surface area contributed by atoms with Gasteiger partial charge in [-0.3, -0.25) is 9.59 Å². The molecule has 1 aliphatic rings. The number of nitrogens with one attached hydrogen (secondary N) is 1. The zero-order chi connectivity index (χ0) is 20.0. The van der Waals surface area contributed by atoms with E-state index in [9.17, 15) is 9.59 Å². The maximum atomic E-state index is 12.5. The lowest BCUT2D eigenvalue weighted by atomic mass is 9.99. The fourth-order valence-electron chi connectivity index (χ4n) is 2.86. The molecule has 0 aromatic heterocycles. The van der Waals surface area contributed by atoms with Crippen molar-refractivity contribution in [2.24, 2.45) is 0 Å². The molecule has 3 nitrogen and oxygen atoms in total. The van der Waals surface area contributed by atoms with Crippen molar-refractivity contribution >= 4 is 23.5 Å². The van der Waals surface area contributed by atoms with Crippen molar-refractivity contribution in [3.8, 4) is 11.8 Å². The molecule has 1 N–H and O–H groups in total. The lowest BCUT2D eigenvalue weighted by molar-refractivity contribution is -0.119. The Balaban J connectivity index is 2.05. The van der Waals surface area contributed by atoms with Crippen LogP contribution in [-0.4, -0.2) is 28.7 Å². The van der Waals surface area contributed by atoms with Gasteiger partial charge in [-0.2, -0.15) is 11.8 Å². The Morgan fingerprint density at radius 3 is 2.37 bits per heavy atom. The molecule has 1 unspecified atom stereocenters. The molecule has 0 fully saturated rings. The van der Waals surface area contributed by atoms with Crippen LogP contribution in [0.25, 0.3) is 0 Å². The van der Waals surface area contributed by atoms with Crippen LogP contribution in [0.15, 0.2) is 47.6 Å². The second-order valence-corrected chi connectivity index (χ2v) is 8.66. The van der Waals surface area contributed by atoms with Crippen molar-refractivity contribution in [2.75, 3.05) is 6.26 Å². The van der Waals surface area contributed by atoms with Gasteiger partial charge in [0.1, 0.15) is 6.04 Å². The van der Waals surface area contributed by atoms with Gasteiger partial charge in [0, 0.05) is 27.9 Å². The van der Waals surface area contributed by atoms with Crippen LogP contribution in [0.3, 0.4) is 0 Å². The fourth-order valence-corrected chi connectivity index (χ4v) is 3.32. The number of allylic oxidation sites excluding steroid dienone is 4. The Labute approximate surface area is 166 Å². The summed E-state index contributed by atoms with van der Waals surface area (Å²) in [5.74, 6) is 6.06. The van der Waals surface area contributed by atoms with Gasteiger partial charge in [-0.1, -0.05) is 36.5 Å². The molecule has 0 heterocycles. The van der Waals surface area contributed by atoms with E-state index in [1.165, 1.54) is 12.5 Å². The SMILES string of the molecule is CCC1=CC=C(C#Cc2ccc(C(=O)NC(C(C)=O)C(C)(C)SC)cc2)C1. The first-order chi connectivity index (χ1) is 12.8. The Hall–Kier alpha value is -2.25. The number of hydrogen-bond acceptors (Lipinski definition) is 3. The van der Waals surface area contributed by atoms with E-state index >= 15 is 0 Å². The van der Waals surface area contributed by atoms with Crippen LogP contribution >= 0.6 is 11.8 Å². The lowest BCUT2D eigenvalue weighted by Crippen LogP contribution is -2.51. The first-order valence-corrected chi connectivity index (χ1v) is 10.4. The smallest absolute Gasteiger partial charge is 0.251 e. The van der Waals surface area contributed by atoms with E-state index < -0.39 is 6.04 Å². The van der Waals surface area contributed by atoms with Gasteiger partial charge in [-0.05, 0) is 57.7 Å². The predicted octanol–water partition coefficient (Wildman–Crippen LogP) is 4.53. The van der Waals surface area contributed by atoms with E-state index in [1.807, 2.05) is 32.2 Å². The quantitative estimate of drug-likeness (QED) is 0.736. The van der Waals surface area contributed by atoms with Crippen LogP contribution < -0.4 is 5.32 Å². The van der Waals surface area contributed by atoms with Gasteiger partial charge in [-0.25, -0.2) is 0 Å². The molecule has 27 heavy (non-hydrogen) atoms. The topological polar surface area (TPSA) is 46.2 Å². The minimum atomic E-state index is -0.533. The summed E-state index contributed by atoms with van der Waals surface area (Å²) >= 11 is 1.56. The summed E-state index contributed by atoms with van der Waals surface area (Å²) < 4.78 is -0.368. The van der Waals surface area contributed by atoms with Crippen LogP contribution in [0.5, 0.6) is 0 Å². The van der Waals surface area contributed by atoms with Gasteiger partial charge < -0.3 is 5.32 Å². The van der Waals surface area contributed by atoms with E-state index in [2.05, 4.69) is 36.2 Å². The standard InChI is InChI=1S/C23H27NO2S/c1-6-17-7-9-19(15-17)10-8-18-11-13-20(14-12-18)22(26)24-21(16(2)25)23(3,4)27-5/h7,9,11-14,21H,6,15H2,1-5H3,(H,24,26). The summed E-state index contributed by atoms with van der Waals surface area (Å²) in [6.45, 7) is 7.58. The number of carbonyl (C=O) groups is 2. The molecular weight excluding hydrogens is 354 g/mol. The Morgan fingerprint density at radius 2 is 1.85 bits per heavy atom. The first kappa shape index (κ1) is 21.1. The molecule has 0 aliphatic heterocycles. The number of ketones is 1. The number of benzene rings is 1. The summed E-state index contributed by atoms with van der Waals surface area (Å²) in [6.07, 6.45) is 8.14. The van der Waals surface area contributed by atoms with Gasteiger partial charge in [0.25, 0.3) is 5.91 Å². The van der Waals surface area contributed by atoms with Crippen molar-refractivity contribution < 1.29 is 9.59 Å². The highest BCUT2D eigenvalue weighted by Gasteiger charge is 2.33. The third-order valence-corrected chi connectivity index (χ3v) is 6.10. The summed E-state index contributed by atoms with van der Waals surface area (Å²) in [5, 5.41) is 2.87. The first-order valence-electron chi connectivity index (χ1n) is 9.14. The number of hydrogen-bond donors (Lipinski definition) is 1. The number of rotatable bonds is 6. The lowest BCUT2D eigenvalue weighted by Gasteiger charge is -2.31. The molecule has 0 spiro atoms. The monoisotopic (exact) mass is 381 g/mol. The highest BCUT2D eigenvalue weighted by atomic mass is 32.2. The summed E-state index contributed by atoms with van der Waals surface area (Å²) in [5.41, 5.74) is 3.92. The van der Waals surface area contributed by atoms with E-state index in [0.29, 0.717) is 5.56 Å². The molecule has 142 valence electrons. The van der Waals surface area contributed by atoms with Crippen LogP contribution in [0.2, 0.25) is 0 Å². The molecule has 1 amide bonds. The largest absolute Gasteiger partial charge is 0.341 e. The van der Waals surface area contributed by atoms with Gasteiger partial charge in [0.2, 0.25) is 0 Å². The zero-order valence-electron chi connectivity index (χ0n) is 16.7. The van der Waals surface area contributed by atoms with Crippen molar-refractivity contribution in [3.05, 3.63) is 58.7 Å². The number of Topliss-reactive ketones (excluding diaryl/α,β-unsaturated/α-hetero) is 1. The minimum Gasteiger partial charge on any atom is -0.341 e. The van der Waals surface area contributed by atoms with Gasteiger partial charge in [0.05, 0.1) is 0 Å². The zero-order valence-corrected chi connectivity index (χ0v) is 17.5. The third kappa shape index (κ3) is 5.61. The van der Waals surface area contributed by atoms with E-state index in [1.54, 1.807) is 23.9 Å². The molecule has 2 rings (SSSR count). The van der Waals surface area contributed by atoms with Crippen LogP contribution in [0.1, 0.15) is 56.5 Å². The van der Waals surface area contributed by atoms with E-state index in [0.717, 1.165) is 24.0 Å². The molecular formula is C23H27NO2S. The normalized spacial score (nSPS) is 14.6. The molecule has 0 radical (unpaired) electrons. The van der Waals surface area contributed by atoms with Gasteiger partial charge in [-0.15, -0.1) is 0 Å².